The molecule has 0 aromatic heterocycles. The molecule has 0 radical (unpaired) electrons. The second kappa shape index (κ2) is 4.41. The van der Waals surface area contributed by atoms with Gasteiger partial charge in [0, 0.05) is 8.04 Å². The second-order valence-electron chi connectivity index (χ2n) is 2.57. The standard InChI is InChI=1S/C9H8BrIO2/c1-5-3-6(10)4-7(11)8(5)9(12)13-2/h3-4H,1-2H3. The van der Waals surface area contributed by atoms with Crippen molar-refractivity contribution in [2.24, 2.45) is 0 Å². The number of carbonyl (C=O) groups is 1. The van der Waals surface area contributed by atoms with Crippen molar-refractivity contribution < 1.29 is 9.53 Å². The van der Waals surface area contributed by atoms with Crippen LogP contribution >= 0.6 is 38.5 Å². The van der Waals surface area contributed by atoms with Gasteiger partial charge < -0.3 is 4.74 Å². The Morgan fingerprint density at radius 2 is 2.15 bits per heavy atom. The highest BCUT2D eigenvalue weighted by atomic mass is 127. The zero-order chi connectivity index (χ0) is 10.0. The van der Waals surface area contributed by atoms with Crippen molar-refractivity contribution in [3.05, 3.63) is 31.3 Å². The molecule has 0 aliphatic carbocycles. The fraction of sp³-hybridized carbons (Fsp3) is 0.222. The topological polar surface area (TPSA) is 26.3 Å². The first-order valence-corrected chi connectivity index (χ1v) is 5.47. The third-order valence-electron chi connectivity index (χ3n) is 1.64. The summed E-state index contributed by atoms with van der Waals surface area (Å²) in [5, 5.41) is 0. The maximum Gasteiger partial charge on any atom is 0.339 e. The van der Waals surface area contributed by atoms with Crippen LogP contribution in [0.25, 0.3) is 0 Å². The minimum atomic E-state index is -0.283. The molecule has 0 atom stereocenters. The molecule has 0 bridgehead atoms. The van der Waals surface area contributed by atoms with E-state index in [1.54, 1.807) is 0 Å². The number of ether oxygens (including phenoxy) is 1. The lowest BCUT2D eigenvalue weighted by Gasteiger charge is -2.06. The van der Waals surface area contributed by atoms with Gasteiger partial charge in [-0.2, -0.15) is 0 Å². The highest BCUT2D eigenvalue weighted by Gasteiger charge is 2.13. The van der Waals surface area contributed by atoms with Crippen LogP contribution in [0.3, 0.4) is 0 Å². The van der Waals surface area contributed by atoms with Crippen molar-refractivity contribution in [1.29, 1.82) is 0 Å². The number of hydrogen-bond acceptors (Lipinski definition) is 2. The molecule has 0 aliphatic heterocycles. The van der Waals surface area contributed by atoms with Crippen molar-refractivity contribution in [3.8, 4) is 0 Å². The monoisotopic (exact) mass is 354 g/mol. The van der Waals surface area contributed by atoms with E-state index in [0.717, 1.165) is 13.6 Å². The van der Waals surface area contributed by atoms with Crippen molar-refractivity contribution in [2.75, 3.05) is 7.11 Å². The van der Waals surface area contributed by atoms with Gasteiger partial charge in [0.25, 0.3) is 0 Å². The molecule has 4 heteroatoms. The average Bonchev–Trinajstić information content (AvgIpc) is 2.02. The van der Waals surface area contributed by atoms with Crippen molar-refractivity contribution in [1.82, 2.24) is 0 Å². The molecule has 2 nitrogen and oxygen atoms in total. The Morgan fingerprint density at radius 3 is 2.62 bits per heavy atom. The lowest BCUT2D eigenvalue weighted by molar-refractivity contribution is 0.0598. The Labute approximate surface area is 98.9 Å². The van der Waals surface area contributed by atoms with Gasteiger partial charge in [0.15, 0.2) is 0 Å². The summed E-state index contributed by atoms with van der Waals surface area (Å²) < 4.78 is 6.55. The molecule has 0 heterocycles. The first-order valence-electron chi connectivity index (χ1n) is 3.60. The summed E-state index contributed by atoms with van der Waals surface area (Å²) in [7, 11) is 1.39. The summed E-state index contributed by atoms with van der Waals surface area (Å²) in [4.78, 5) is 11.3. The molecule has 1 rings (SSSR count). The van der Waals surface area contributed by atoms with E-state index in [1.165, 1.54) is 7.11 Å². The van der Waals surface area contributed by atoms with Crippen LogP contribution in [0.4, 0.5) is 0 Å². The van der Waals surface area contributed by atoms with Crippen molar-refractivity contribution in [3.63, 3.8) is 0 Å². The molecule has 0 unspecified atom stereocenters. The number of aryl methyl sites for hydroxylation is 1. The molecular weight excluding hydrogens is 347 g/mol. The third kappa shape index (κ3) is 2.43. The number of esters is 1. The number of methoxy groups -OCH3 is 1. The Balaban J connectivity index is 3.28. The van der Waals surface area contributed by atoms with Gasteiger partial charge in [-0.1, -0.05) is 15.9 Å². The van der Waals surface area contributed by atoms with Crippen LogP contribution in [0.15, 0.2) is 16.6 Å². The molecule has 0 saturated heterocycles. The fourth-order valence-electron chi connectivity index (χ4n) is 1.06. The van der Waals surface area contributed by atoms with Gasteiger partial charge in [0.2, 0.25) is 0 Å². The molecular formula is C9H8BrIO2. The second-order valence-corrected chi connectivity index (χ2v) is 4.65. The minimum Gasteiger partial charge on any atom is -0.465 e. The lowest BCUT2D eigenvalue weighted by atomic mass is 10.1. The van der Waals surface area contributed by atoms with Gasteiger partial charge in [-0.25, -0.2) is 4.79 Å². The smallest absolute Gasteiger partial charge is 0.339 e. The Kier molecular flexibility index (Phi) is 3.73. The maximum atomic E-state index is 11.3. The van der Waals surface area contributed by atoms with Crippen molar-refractivity contribution >= 4 is 44.5 Å². The minimum absolute atomic E-state index is 0.283. The average molecular weight is 355 g/mol. The molecule has 70 valence electrons. The molecule has 0 N–H and O–H groups in total. The quantitative estimate of drug-likeness (QED) is 0.572. The molecule has 0 fully saturated rings. The predicted octanol–water partition coefficient (Wildman–Crippen LogP) is 3.15. The zero-order valence-electron chi connectivity index (χ0n) is 7.23. The Hall–Kier alpha value is -0.100. The van der Waals surface area contributed by atoms with Gasteiger partial charge in [-0.05, 0) is 47.2 Å². The van der Waals surface area contributed by atoms with Gasteiger partial charge in [0.05, 0.1) is 12.7 Å². The normalized spacial score (nSPS) is 9.85. The summed E-state index contributed by atoms with van der Waals surface area (Å²) >= 11 is 5.48. The van der Waals surface area contributed by atoms with Crippen LogP contribution < -0.4 is 0 Å². The van der Waals surface area contributed by atoms with Crippen LogP contribution in [-0.2, 0) is 4.74 Å². The molecule has 0 saturated carbocycles. The van der Waals surface area contributed by atoms with Gasteiger partial charge in [-0.3, -0.25) is 0 Å². The molecule has 0 amide bonds. The van der Waals surface area contributed by atoms with E-state index < -0.39 is 0 Å². The van der Waals surface area contributed by atoms with Crippen LogP contribution in [0.2, 0.25) is 0 Å². The summed E-state index contributed by atoms with van der Waals surface area (Å²) in [5.41, 5.74) is 1.57. The summed E-state index contributed by atoms with van der Waals surface area (Å²) in [6, 6.07) is 3.79. The first kappa shape index (κ1) is 11.0. The van der Waals surface area contributed by atoms with Crippen LogP contribution in [0, 0.1) is 10.5 Å². The summed E-state index contributed by atoms with van der Waals surface area (Å²) in [5.74, 6) is -0.283. The number of halogens is 2. The Bertz CT molecular complexity index is 326. The SMILES string of the molecule is COC(=O)c1c(C)cc(Br)cc1I. The number of hydrogen-bond donors (Lipinski definition) is 0. The van der Waals surface area contributed by atoms with Gasteiger partial charge in [-0.15, -0.1) is 0 Å². The number of carbonyl (C=O) groups excluding carboxylic acids is 1. The van der Waals surface area contributed by atoms with Gasteiger partial charge >= 0.3 is 5.97 Å². The highest BCUT2D eigenvalue weighted by Crippen LogP contribution is 2.23. The highest BCUT2D eigenvalue weighted by molar-refractivity contribution is 14.1. The van der Waals surface area contributed by atoms with Crippen molar-refractivity contribution in [2.45, 2.75) is 6.92 Å². The fourth-order valence-corrected chi connectivity index (χ4v) is 3.04. The largest absolute Gasteiger partial charge is 0.465 e. The van der Waals surface area contributed by atoms with E-state index >= 15 is 0 Å². The Morgan fingerprint density at radius 1 is 1.54 bits per heavy atom. The summed E-state index contributed by atoms with van der Waals surface area (Å²) in [6.45, 7) is 1.89. The van der Waals surface area contributed by atoms with E-state index in [2.05, 4.69) is 43.3 Å². The van der Waals surface area contributed by atoms with E-state index in [9.17, 15) is 4.79 Å². The molecule has 1 aromatic carbocycles. The lowest BCUT2D eigenvalue weighted by Crippen LogP contribution is -2.06. The molecule has 13 heavy (non-hydrogen) atoms. The zero-order valence-corrected chi connectivity index (χ0v) is 11.0. The van der Waals surface area contributed by atoms with E-state index in [4.69, 9.17) is 0 Å². The first-order chi connectivity index (χ1) is 6.06. The predicted molar refractivity (Wildman–Crippen MR) is 62.9 cm³/mol. The van der Waals surface area contributed by atoms with Gasteiger partial charge in [0.1, 0.15) is 0 Å². The van der Waals surface area contributed by atoms with Crippen LogP contribution in [0.5, 0.6) is 0 Å². The molecule has 0 spiro atoms. The third-order valence-corrected chi connectivity index (χ3v) is 2.95. The number of benzene rings is 1. The number of rotatable bonds is 1. The van der Waals surface area contributed by atoms with E-state index in [0.29, 0.717) is 5.56 Å². The van der Waals surface area contributed by atoms with Crippen LogP contribution in [0.1, 0.15) is 15.9 Å². The summed E-state index contributed by atoms with van der Waals surface area (Å²) in [6.07, 6.45) is 0. The maximum absolute atomic E-state index is 11.3. The van der Waals surface area contributed by atoms with Crippen LogP contribution in [-0.4, -0.2) is 13.1 Å². The van der Waals surface area contributed by atoms with E-state index in [1.807, 2.05) is 19.1 Å². The molecule has 0 aliphatic rings. The van der Waals surface area contributed by atoms with E-state index in [-0.39, 0.29) is 5.97 Å². The molecule has 1 aromatic rings.